The predicted octanol–water partition coefficient (Wildman–Crippen LogP) is 4.73. The van der Waals surface area contributed by atoms with Gasteiger partial charge in [0, 0.05) is 18.1 Å². The third-order valence-corrected chi connectivity index (χ3v) is 4.42. The topological polar surface area (TPSA) is 72.5 Å². The van der Waals surface area contributed by atoms with Crippen molar-refractivity contribution in [3.63, 3.8) is 0 Å². The van der Waals surface area contributed by atoms with E-state index in [0.29, 0.717) is 16.8 Å². The van der Waals surface area contributed by atoms with Gasteiger partial charge in [0.1, 0.15) is 0 Å². The fourth-order valence-corrected chi connectivity index (χ4v) is 3.00. The minimum Gasteiger partial charge on any atom is -0.445 e. The number of carbonyl (C=O) groups is 3. The summed E-state index contributed by atoms with van der Waals surface area (Å²) < 4.78 is 5.68. The predicted molar refractivity (Wildman–Crippen MR) is 111 cm³/mol. The van der Waals surface area contributed by atoms with E-state index < -0.39 is 12.1 Å². The summed E-state index contributed by atoms with van der Waals surface area (Å²) in [5, 5.41) is 2.67. The molecule has 29 heavy (non-hydrogen) atoms. The molecule has 0 saturated carbocycles. The Kier molecular flexibility index (Phi) is 6.19. The van der Waals surface area contributed by atoms with E-state index in [1.807, 2.05) is 12.1 Å². The second kappa shape index (κ2) is 8.97. The number of rotatable bonds is 6. The average Bonchev–Trinajstić information content (AvgIpc) is 2.74. The number of hydrogen-bond acceptors (Lipinski definition) is 4. The third kappa shape index (κ3) is 4.76. The Bertz CT molecular complexity index is 1030. The molecule has 5 nitrogen and oxygen atoms in total. The molecule has 3 aromatic rings. The first-order valence-corrected chi connectivity index (χ1v) is 9.19. The molecule has 0 saturated heterocycles. The first kappa shape index (κ1) is 20.0. The van der Waals surface area contributed by atoms with Gasteiger partial charge in [-0.2, -0.15) is 0 Å². The quantitative estimate of drug-likeness (QED) is 0.490. The van der Waals surface area contributed by atoms with E-state index in [1.54, 1.807) is 73.7 Å². The van der Waals surface area contributed by atoms with Crippen LogP contribution in [-0.2, 0) is 9.53 Å². The van der Waals surface area contributed by atoms with Gasteiger partial charge in [-0.25, -0.2) is 4.79 Å². The molecule has 0 radical (unpaired) electrons. The standard InChI is InChI=1S/C24H21NO4/c1-16-10-9-15-20(21(16)25-17(2)26)24(28)29-23(19-13-7-4-8-14-19)22(27)18-11-5-3-6-12-18/h3-15,23H,1-2H3,(H,25,26). The van der Waals surface area contributed by atoms with Crippen LogP contribution in [0.4, 0.5) is 5.69 Å². The van der Waals surface area contributed by atoms with Gasteiger partial charge in [-0.05, 0) is 18.6 Å². The zero-order chi connectivity index (χ0) is 20.8. The fourth-order valence-electron chi connectivity index (χ4n) is 3.00. The molecule has 0 aromatic heterocycles. The molecule has 0 fully saturated rings. The van der Waals surface area contributed by atoms with Crippen LogP contribution in [0.5, 0.6) is 0 Å². The molecule has 3 aromatic carbocycles. The highest BCUT2D eigenvalue weighted by Gasteiger charge is 2.28. The number of amides is 1. The van der Waals surface area contributed by atoms with Crippen molar-refractivity contribution in [2.45, 2.75) is 20.0 Å². The maximum absolute atomic E-state index is 13.1. The van der Waals surface area contributed by atoms with Crippen molar-refractivity contribution in [1.29, 1.82) is 0 Å². The SMILES string of the molecule is CC(=O)Nc1c(C)cccc1C(=O)OC(C(=O)c1ccccc1)c1ccccc1. The first-order chi connectivity index (χ1) is 14.0. The summed E-state index contributed by atoms with van der Waals surface area (Å²) in [6, 6.07) is 22.6. The van der Waals surface area contributed by atoms with Gasteiger partial charge >= 0.3 is 5.97 Å². The monoisotopic (exact) mass is 387 g/mol. The molecule has 0 aliphatic rings. The molecule has 0 spiro atoms. The van der Waals surface area contributed by atoms with Crippen LogP contribution < -0.4 is 5.32 Å². The Hall–Kier alpha value is -3.73. The van der Waals surface area contributed by atoms with E-state index in [-0.39, 0.29) is 17.3 Å². The summed E-state index contributed by atoms with van der Waals surface area (Å²) in [6.45, 7) is 3.15. The number of Topliss-reactive ketones (excluding diaryl/α,β-unsaturated/α-hetero) is 1. The molecule has 0 bridgehead atoms. The maximum Gasteiger partial charge on any atom is 0.341 e. The summed E-state index contributed by atoms with van der Waals surface area (Å²) >= 11 is 0. The number of anilines is 1. The highest BCUT2D eigenvalue weighted by molar-refractivity contribution is 6.05. The Morgan fingerprint density at radius 2 is 1.45 bits per heavy atom. The molecule has 1 unspecified atom stereocenters. The summed E-state index contributed by atoms with van der Waals surface area (Å²) in [5.74, 6) is -1.30. The number of benzene rings is 3. The lowest BCUT2D eigenvalue weighted by atomic mass is 9.99. The number of ether oxygens (including phenoxy) is 1. The van der Waals surface area contributed by atoms with Crippen LogP contribution in [-0.4, -0.2) is 17.7 Å². The Balaban J connectivity index is 1.97. The van der Waals surface area contributed by atoms with Gasteiger partial charge in [-0.15, -0.1) is 0 Å². The molecule has 3 rings (SSSR count). The van der Waals surface area contributed by atoms with Crippen molar-refractivity contribution in [2.75, 3.05) is 5.32 Å². The summed E-state index contributed by atoms with van der Waals surface area (Å²) in [7, 11) is 0. The van der Waals surface area contributed by atoms with Gasteiger partial charge in [0.25, 0.3) is 0 Å². The van der Waals surface area contributed by atoms with Crippen molar-refractivity contribution in [2.24, 2.45) is 0 Å². The Labute approximate surface area is 169 Å². The number of hydrogen-bond donors (Lipinski definition) is 1. The number of carbonyl (C=O) groups excluding carboxylic acids is 3. The van der Waals surface area contributed by atoms with Gasteiger partial charge < -0.3 is 10.1 Å². The van der Waals surface area contributed by atoms with Crippen molar-refractivity contribution in [1.82, 2.24) is 0 Å². The average molecular weight is 387 g/mol. The second-order valence-corrected chi connectivity index (χ2v) is 6.60. The molecule has 1 atom stereocenters. The molecule has 1 N–H and O–H groups in total. The van der Waals surface area contributed by atoms with Crippen molar-refractivity contribution in [3.8, 4) is 0 Å². The van der Waals surface area contributed by atoms with Gasteiger partial charge in [-0.3, -0.25) is 9.59 Å². The lowest BCUT2D eigenvalue weighted by Crippen LogP contribution is -2.21. The first-order valence-electron chi connectivity index (χ1n) is 9.19. The molecular weight excluding hydrogens is 366 g/mol. The molecule has 0 heterocycles. The second-order valence-electron chi connectivity index (χ2n) is 6.60. The van der Waals surface area contributed by atoms with E-state index in [1.165, 1.54) is 6.92 Å². The lowest BCUT2D eigenvalue weighted by Gasteiger charge is -2.19. The zero-order valence-electron chi connectivity index (χ0n) is 16.2. The highest BCUT2D eigenvalue weighted by Crippen LogP contribution is 2.27. The summed E-state index contributed by atoms with van der Waals surface area (Å²) in [6.07, 6.45) is -1.10. The number of nitrogens with one attached hydrogen (secondary N) is 1. The van der Waals surface area contributed by atoms with E-state index in [0.717, 1.165) is 5.56 Å². The van der Waals surface area contributed by atoms with Gasteiger partial charge in [0.05, 0.1) is 11.3 Å². The van der Waals surface area contributed by atoms with Crippen LogP contribution in [0.1, 0.15) is 44.9 Å². The van der Waals surface area contributed by atoms with Crippen LogP contribution >= 0.6 is 0 Å². The van der Waals surface area contributed by atoms with Crippen molar-refractivity contribution < 1.29 is 19.1 Å². The minimum absolute atomic E-state index is 0.196. The van der Waals surface area contributed by atoms with Crippen LogP contribution in [0.25, 0.3) is 0 Å². The third-order valence-electron chi connectivity index (χ3n) is 4.42. The van der Waals surface area contributed by atoms with E-state index in [9.17, 15) is 14.4 Å². The van der Waals surface area contributed by atoms with E-state index in [4.69, 9.17) is 4.74 Å². The normalized spacial score (nSPS) is 11.4. The van der Waals surface area contributed by atoms with Crippen molar-refractivity contribution >= 4 is 23.3 Å². The molecule has 1 amide bonds. The van der Waals surface area contributed by atoms with Crippen molar-refractivity contribution in [3.05, 3.63) is 101 Å². The number of ketones is 1. The van der Waals surface area contributed by atoms with Gasteiger partial charge in [-0.1, -0.05) is 72.8 Å². The molecule has 5 heteroatoms. The maximum atomic E-state index is 13.1. The summed E-state index contributed by atoms with van der Waals surface area (Å²) in [5.41, 5.74) is 2.31. The smallest absolute Gasteiger partial charge is 0.341 e. The Morgan fingerprint density at radius 1 is 0.828 bits per heavy atom. The number of para-hydroxylation sites is 1. The highest BCUT2D eigenvalue weighted by atomic mass is 16.5. The molecule has 146 valence electrons. The fraction of sp³-hybridized carbons (Fsp3) is 0.125. The van der Waals surface area contributed by atoms with E-state index in [2.05, 4.69) is 5.32 Å². The molecule has 0 aliphatic carbocycles. The largest absolute Gasteiger partial charge is 0.445 e. The minimum atomic E-state index is -1.10. The summed E-state index contributed by atoms with van der Waals surface area (Å²) in [4.78, 5) is 37.6. The molecule has 0 aliphatic heterocycles. The van der Waals surface area contributed by atoms with Crippen LogP contribution in [0.2, 0.25) is 0 Å². The lowest BCUT2D eigenvalue weighted by molar-refractivity contribution is -0.114. The van der Waals surface area contributed by atoms with Crippen LogP contribution in [0.3, 0.4) is 0 Å². The van der Waals surface area contributed by atoms with Gasteiger partial charge in [0.2, 0.25) is 11.7 Å². The molecular formula is C24H21NO4. The Morgan fingerprint density at radius 3 is 2.07 bits per heavy atom. The van der Waals surface area contributed by atoms with Crippen LogP contribution in [0.15, 0.2) is 78.9 Å². The van der Waals surface area contributed by atoms with E-state index >= 15 is 0 Å². The zero-order valence-corrected chi connectivity index (χ0v) is 16.2. The number of aryl methyl sites for hydroxylation is 1. The van der Waals surface area contributed by atoms with Crippen LogP contribution in [0, 0.1) is 6.92 Å². The number of esters is 1. The van der Waals surface area contributed by atoms with Gasteiger partial charge in [0.15, 0.2) is 6.10 Å².